The maximum absolute atomic E-state index is 13.6. The molecule has 9 atom stereocenters. The molecule has 0 aromatic heterocycles. The Labute approximate surface area is 342 Å². The van der Waals surface area contributed by atoms with Gasteiger partial charge >= 0.3 is 17.9 Å². The van der Waals surface area contributed by atoms with Crippen LogP contribution in [0.2, 0.25) is 0 Å². The fourth-order valence-electron chi connectivity index (χ4n) is 5.31. The van der Waals surface area contributed by atoms with Crippen LogP contribution in [0.5, 0.6) is 0 Å². The molecule has 7 amide bonds. The number of hydrogen-bond donors (Lipinski definition) is 13. The van der Waals surface area contributed by atoms with Gasteiger partial charge in [-0.3, -0.25) is 43.2 Å². The average molecular weight is 845 g/mol. The van der Waals surface area contributed by atoms with Crippen molar-refractivity contribution in [2.75, 3.05) is 13.1 Å². The smallest absolute Gasteiger partial charge is 0.326 e. The highest BCUT2D eigenvalue weighted by Gasteiger charge is 2.34. The zero-order valence-electron chi connectivity index (χ0n) is 34.3. The van der Waals surface area contributed by atoms with Gasteiger partial charge < -0.3 is 69.7 Å². The third-order valence-electron chi connectivity index (χ3n) is 9.14. The van der Waals surface area contributed by atoms with Crippen LogP contribution in [0.25, 0.3) is 0 Å². The summed E-state index contributed by atoms with van der Waals surface area (Å²) < 4.78 is 0. The molecule has 0 bridgehead atoms. The highest BCUT2D eigenvalue weighted by atomic mass is 16.4. The van der Waals surface area contributed by atoms with Gasteiger partial charge in [-0.2, -0.15) is 0 Å². The highest BCUT2D eigenvalue weighted by Crippen LogP contribution is 2.11. The Morgan fingerprint density at radius 1 is 0.492 bits per heavy atom. The van der Waals surface area contributed by atoms with Crippen molar-refractivity contribution in [2.45, 2.75) is 147 Å². The Balaban J connectivity index is 5.99. The van der Waals surface area contributed by atoms with Crippen molar-refractivity contribution in [2.24, 2.45) is 23.1 Å². The number of nitrogens with one attached hydrogen (secondary N) is 7. The predicted molar refractivity (Wildman–Crippen MR) is 211 cm³/mol. The van der Waals surface area contributed by atoms with E-state index in [9.17, 15) is 58.2 Å². The lowest BCUT2D eigenvalue weighted by Gasteiger charge is -2.28. The third kappa shape index (κ3) is 21.2. The molecule has 23 nitrogen and oxygen atoms in total. The summed E-state index contributed by atoms with van der Waals surface area (Å²) in [5, 5.41) is 44.5. The zero-order chi connectivity index (χ0) is 45.4. The lowest BCUT2D eigenvalue weighted by molar-refractivity contribution is -0.147. The number of aliphatic carboxylic acids is 3. The van der Waals surface area contributed by atoms with Gasteiger partial charge in [0.1, 0.15) is 42.3 Å². The van der Waals surface area contributed by atoms with Crippen LogP contribution in [0.1, 0.15) is 98.8 Å². The minimum atomic E-state index is -1.78. The van der Waals surface area contributed by atoms with Gasteiger partial charge in [0.25, 0.3) is 0 Å². The summed E-state index contributed by atoms with van der Waals surface area (Å²) >= 11 is 0. The molecule has 0 fully saturated rings. The molecule has 59 heavy (non-hydrogen) atoms. The molecular weight excluding hydrogens is 780 g/mol. The van der Waals surface area contributed by atoms with Gasteiger partial charge in [-0.25, -0.2) is 4.79 Å². The number of carboxylic acid groups (broad SMARTS) is 3. The minimum Gasteiger partial charge on any atom is -0.481 e. The van der Waals surface area contributed by atoms with Crippen LogP contribution in [0.4, 0.5) is 0 Å². The quantitative estimate of drug-likeness (QED) is 0.0312. The molecule has 16 N–H and O–H groups in total. The predicted octanol–water partition coefficient (Wildman–Crippen LogP) is -3.50. The van der Waals surface area contributed by atoms with Gasteiger partial charge in [0.2, 0.25) is 41.4 Å². The molecule has 0 unspecified atom stereocenters. The van der Waals surface area contributed by atoms with Crippen molar-refractivity contribution in [3.05, 3.63) is 0 Å². The number of carbonyl (C=O) groups is 10. The van der Waals surface area contributed by atoms with Crippen LogP contribution in [0.3, 0.4) is 0 Å². The number of unbranched alkanes of at least 4 members (excludes halogenated alkanes) is 2. The second-order valence-electron chi connectivity index (χ2n) is 14.3. The van der Waals surface area contributed by atoms with Crippen molar-refractivity contribution >= 4 is 59.3 Å². The molecular formula is C36H64N10O13. The van der Waals surface area contributed by atoms with Crippen molar-refractivity contribution in [1.29, 1.82) is 0 Å². The lowest BCUT2D eigenvalue weighted by Crippen LogP contribution is -2.60. The Bertz CT molecular complexity index is 1460. The maximum Gasteiger partial charge on any atom is 0.326 e. The maximum atomic E-state index is 13.6. The van der Waals surface area contributed by atoms with Crippen molar-refractivity contribution in [1.82, 2.24) is 37.2 Å². The average Bonchev–Trinajstić information content (AvgIpc) is 3.16. The summed E-state index contributed by atoms with van der Waals surface area (Å²) in [6, 6.07) is -10.6. The Morgan fingerprint density at radius 2 is 0.898 bits per heavy atom. The van der Waals surface area contributed by atoms with E-state index in [1.807, 2.05) is 0 Å². The highest BCUT2D eigenvalue weighted by molar-refractivity contribution is 5.97. The lowest BCUT2D eigenvalue weighted by atomic mass is 9.97. The minimum absolute atomic E-state index is 0.00197. The van der Waals surface area contributed by atoms with Crippen LogP contribution in [-0.2, 0) is 47.9 Å². The first kappa shape index (κ1) is 53.6. The van der Waals surface area contributed by atoms with E-state index in [4.69, 9.17) is 22.3 Å². The first-order chi connectivity index (χ1) is 27.6. The van der Waals surface area contributed by atoms with Gasteiger partial charge in [0, 0.05) is 6.42 Å². The first-order valence-corrected chi connectivity index (χ1v) is 19.5. The summed E-state index contributed by atoms with van der Waals surface area (Å²) in [4.78, 5) is 126. The SMILES string of the molecule is CC[C@H](C)[C@H](NC(=O)[C@H](C)N)C(=O)N[C@@H](CCC(=O)O)C(=O)N[C@@H](CCCCN)C(=O)N[C@@H](C)C(=O)N[C@@H](C)C(=O)N[C@@H](CCCCN)C(=O)N[C@@H](CC(=O)O)C(=O)O. The second-order valence-corrected chi connectivity index (χ2v) is 14.3. The topological polar surface area (TPSA) is 394 Å². The van der Waals surface area contributed by atoms with E-state index >= 15 is 0 Å². The van der Waals surface area contributed by atoms with Gasteiger partial charge in [-0.1, -0.05) is 20.3 Å². The van der Waals surface area contributed by atoms with Crippen LogP contribution < -0.4 is 54.4 Å². The van der Waals surface area contributed by atoms with E-state index in [0.717, 1.165) is 0 Å². The van der Waals surface area contributed by atoms with E-state index in [1.165, 1.54) is 20.8 Å². The second kappa shape index (κ2) is 28.1. The number of amides is 7. The Morgan fingerprint density at radius 3 is 1.32 bits per heavy atom. The molecule has 0 aromatic carbocycles. The van der Waals surface area contributed by atoms with Crippen LogP contribution in [0, 0.1) is 5.92 Å². The molecule has 0 aliphatic heterocycles. The molecule has 0 aliphatic carbocycles. The van der Waals surface area contributed by atoms with E-state index in [-0.39, 0.29) is 32.4 Å². The molecule has 0 heterocycles. The van der Waals surface area contributed by atoms with Crippen molar-refractivity contribution in [3.63, 3.8) is 0 Å². The largest absolute Gasteiger partial charge is 0.481 e. The molecule has 0 rings (SSSR count). The van der Waals surface area contributed by atoms with Crippen molar-refractivity contribution in [3.8, 4) is 0 Å². The number of hydrogen-bond acceptors (Lipinski definition) is 13. The van der Waals surface area contributed by atoms with Crippen molar-refractivity contribution < 1.29 is 63.3 Å². The fourth-order valence-corrected chi connectivity index (χ4v) is 5.31. The van der Waals surface area contributed by atoms with E-state index in [0.29, 0.717) is 32.1 Å². The zero-order valence-corrected chi connectivity index (χ0v) is 34.3. The summed E-state index contributed by atoms with van der Waals surface area (Å²) in [6.45, 7) is 7.94. The molecule has 0 aromatic rings. The standard InChI is InChI=1S/C36H64N10O13/c1-6-18(2)28(46-29(51)19(3)39)35(57)44-24(13-14-26(47)48)34(56)43-22(11-7-9-15-37)32(54)41-20(4)30(52)40-21(5)31(53)42-23(12-8-10-16-38)33(55)45-25(36(58)59)17-27(49)50/h18-25,28H,6-17,37-39H2,1-5H3,(H,40,52)(H,41,54)(H,42,53)(H,43,56)(H,44,57)(H,45,55)(H,46,51)(H,47,48)(H,49,50)(H,58,59)/t18-,19-,20-,21-,22-,23-,24-,25-,28-/m0/s1. The molecule has 0 radical (unpaired) electrons. The summed E-state index contributed by atoms with van der Waals surface area (Å²) in [6.07, 6.45) is 0.171. The van der Waals surface area contributed by atoms with E-state index < -0.39 is 126 Å². The Kier molecular flexibility index (Phi) is 25.5. The van der Waals surface area contributed by atoms with Crippen LogP contribution in [-0.4, -0.2) is 136 Å². The summed E-state index contributed by atoms with van der Waals surface area (Å²) in [5.41, 5.74) is 16.8. The molecule has 336 valence electrons. The van der Waals surface area contributed by atoms with E-state index in [2.05, 4.69) is 37.2 Å². The number of carbonyl (C=O) groups excluding carboxylic acids is 7. The first-order valence-electron chi connectivity index (χ1n) is 19.5. The summed E-state index contributed by atoms with van der Waals surface area (Å²) in [7, 11) is 0. The van der Waals surface area contributed by atoms with Gasteiger partial charge in [0.05, 0.1) is 12.5 Å². The molecule has 23 heteroatoms. The third-order valence-corrected chi connectivity index (χ3v) is 9.14. The molecule has 0 aliphatic rings. The van der Waals surface area contributed by atoms with Crippen LogP contribution in [0.15, 0.2) is 0 Å². The molecule has 0 spiro atoms. The summed E-state index contributed by atoms with van der Waals surface area (Å²) in [5.74, 6) is -10.6. The van der Waals surface area contributed by atoms with Gasteiger partial charge in [0.15, 0.2) is 0 Å². The van der Waals surface area contributed by atoms with Crippen LogP contribution >= 0.6 is 0 Å². The Hall–Kier alpha value is -5.42. The monoisotopic (exact) mass is 844 g/mol. The number of nitrogens with two attached hydrogens (primary N) is 3. The molecule has 0 saturated heterocycles. The molecule has 0 saturated carbocycles. The van der Waals surface area contributed by atoms with E-state index in [1.54, 1.807) is 13.8 Å². The normalized spacial score (nSPS) is 15.5. The number of rotatable bonds is 30. The van der Waals surface area contributed by atoms with Gasteiger partial charge in [-0.15, -0.1) is 0 Å². The fraction of sp³-hybridized carbons (Fsp3) is 0.722. The van der Waals surface area contributed by atoms with Gasteiger partial charge in [-0.05, 0) is 84.7 Å². The number of carboxylic acids is 3.